The Kier molecular flexibility index (Phi) is 4.86. The lowest BCUT2D eigenvalue weighted by molar-refractivity contribution is -0.145. The minimum atomic E-state index is -1.09. The fraction of sp³-hybridized carbons (Fsp3) is 0.250. The number of carbonyl (C=O) groups excluding carboxylic acids is 2. The lowest BCUT2D eigenvalue weighted by Crippen LogP contribution is -2.18. The Morgan fingerprint density at radius 3 is 2.67 bits per heavy atom. The lowest BCUT2D eigenvalue weighted by atomic mass is 10.2. The summed E-state index contributed by atoms with van der Waals surface area (Å²) in [6, 6.07) is 5.76. The second-order valence-electron chi connectivity index (χ2n) is 3.42. The second-order valence-corrected chi connectivity index (χ2v) is 3.42. The van der Waals surface area contributed by atoms with Gasteiger partial charge in [0.25, 0.3) is 0 Å². The minimum Gasteiger partial charge on any atom is -0.478 e. The highest BCUT2D eigenvalue weighted by molar-refractivity contribution is 6.02. The first-order valence-electron chi connectivity index (χ1n) is 5.31. The molecule has 1 aromatic rings. The summed E-state index contributed by atoms with van der Waals surface area (Å²) in [5.74, 6) is -2.25. The maximum atomic E-state index is 11.4. The Morgan fingerprint density at radius 1 is 1.33 bits per heavy atom. The standard InChI is InChI=1S/C12H13NO5/c1-2-18-11(15)7-10(14)13-9-5-3-4-8(6-9)12(16)17/h3-6H,2,7H2,1H3,(H,13,14)(H,16,17). The van der Waals surface area contributed by atoms with Gasteiger partial charge in [0.05, 0.1) is 12.2 Å². The fourth-order valence-corrected chi connectivity index (χ4v) is 1.28. The smallest absolute Gasteiger partial charge is 0.335 e. The van der Waals surface area contributed by atoms with E-state index in [1.54, 1.807) is 6.92 Å². The molecule has 0 aromatic heterocycles. The molecule has 0 radical (unpaired) electrons. The molecule has 1 rings (SSSR count). The molecule has 1 amide bonds. The van der Waals surface area contributed by atoms with Gasteiger partial charge in [-0.15, -0.1) is 0 Å². The van der Waals surface area contributed by atoms with E-state index in [4.69, 9.17) is 5.11 Å². The molecule has 0 aliphatic rings. The largest absolute Gasteiger partial charge is 0.478 e. The van der Waals surface area contributed by atoms with Gasteiger partial charge in [-0.25, -0.2) is 4.79 Å². The highest BCUT2D eigenvalue weighted by Crippen LogP contribution is 2.11. The highest BCUT2D eigenvalue weighted by Gasteiger charge is 2.11. The molecule has 6 nitrogen and oxygen atoms in total. The molecule has 1 aromatic carbocycles. The van der Waals surface area contributed by atoms with Gasteiger partial charge in [0, 0.05) is 5.69 Å². The van der Waals surface area contributed by atoms with E-state index >= 15 is 0 Å². The first-order valence-corrected chi connectivity index (χ1v) is 5.31. The molecule has 6 heteroatoms. The van der Waals surface area contributed by atoms with E-state index < -0.39 is 24.3 Å². The Labute approximate surface area is 104 Å². The number of carbonyl (C=O) groups is 3. The van der Waals surface area contributed by atoms with Crippen LogP contribution in [0.4, 0.5) is 5.69 Å². The van der Waals surface area contributed by atoms with E-state index in [1.165, 1.54) is 24.3 Å². The fourth-order valence-electron chi connectivity index (χ4n) is 1.28. The van der Waals surface area contributed by atoms with Gasteiger partial charge in [0.2, 0.25) is 5.91 Å². The van der Waals surface area contributed by atoms with Crippen LogP contribution in [0.25, 0.3) is 0 Å². The zero-order chi connectivity index (χ0) is 13.5. The number of amides is 1. The quantitative estimate of drug-likeness (QED) is 0.607. The van der Waals surface area contributed by atoms with Crippen LogP contribution in [0.15, 0.2) is 24.3 Å². The summed E-state index contributed by atoms with van der Waals surface area (Å²) in [6.45, 7) is 1.85. The summed E-state index contributed by atoms with van der Waals surface area (Å²) in [4.78, 5) is 33.2. The number of anilines is 1. The number of carboxylic acids is 1. The third kappa shape index (κ3) is 4.25. The van der Waals surface area contributed by atoms with Gasteiger partial charge in [-0.2, -0.15) is 0 Å². The number of carboxylic acid groups (broad SMARTS) is 1. The molecule has 0 spiro atoms. The van der Waals surface area contributed by atoms with Crippen LogP contribution in [0.1, 0.15) is 23.7 Å². The van der Waals surface area contributed by atoms with Crippen LogP contribution in [0.3, 0.4) is 0 Å². The number of benzene rings is 1. The molecule has 0 saturated carbocycles. The van der Waals surface area contributed by atoms with Crippen molar-refractivity contribution in [2.45, 2.75) is 13.3 Å². The summed E-state index contributed by atoms with van der Waals surface area (Å²) >= 11 is 0. The lowest BCUT2D eigenvalue weighted by Gasteiger charge is -2.05. The number of esters is 1. The summed E-state index contributed by atoms with van der Waals surface area (Å²) in [6.07, 6.45) is -0.398. The van der Waals surface area contributed by atoms with Gasteiger partial charge in [0.15, 0.2) is 0 Å². The van der Waals surface area contributed by atoms with E-state index in [2.05, 4.69) is 10.1 Å². The van der Waals surface area contributed by atoms with Crippen LogP contribution < -0.4 is 5.32 Å². The van der Waals surface area contributed by atoms with Crippen molar-refractivity contribution >= 4 is 23.5 Å². The molecule has 0 aliphatic heterocycles. The van der Waals surface area contributed by atoms with Gasteiger partial charge in [-0.1, -0.05) is 6.07 Å². The van der Waals surface area contributed by atoms with Crippen molar-refractivity contribution in [3.63, 3.8) is 0 Å². The predicted octanol–water partition coefficient (Wildman–Crippen LogP) is 1.28. The average Bonchev–Trinajstić information content (AvgIpc) is 2.29. The number of hydrogen-bond acceptors (Lipinski definition) is 4. The molecule has 0 saturated heterocycles. The molecule has 0 unspecified atom stereocenters. The zero-order valence-electron chi connectivity index (χ0n) is 9.80. The van der Waals surface area contributed by atoms with Crippen molar-refractivity contribution in [2.24, 2.45) is 0 Å². The summed E-state index contributed by atoms with van der Waals surface area (Å²) in [5.41, 5.74) is 0.383. The molecule has 0 heterocycles. The molecule has 0 fully saturated rings. The first-order chi connectivity index (χ1) is 8.52. The maximum absolute atomic E-state index is 11.4. The van der Waals surface area contributed by atoms with E-state index in [0.29, 0.717) is 5.69 Å². The Bertz CT molecular complexity index is 469. The SMILES string of the molecule is CCOC(=O)CC(=O)Nc1cccc(C(=O)O)c1. The zero-order valence-corrected chi connectivity index (χ0v) is 9.80. The molecule has 0 aliphatic carbocycles. The van der Waals surface area contributed by atoms with Crippen molar-refractivity contribution < 1.29 is 24.2 Å². The van der Waals surface area contributed by atoms with Crippen LogP contribution in [0.5, 0.6) is 0 Å². The third-order valence-corrected chi connectivity index (χ3v) is 2.00. The summed E-state index contributed by atoms with van der Waals surface area (Å²) in [7, 11) is 0. The van der Waals surface area contributed by atoms with Gasteiger partial charge >= 0.3 is 11.9 Å². The summed E-state index contributed by atoms with van der Waals surface area (Å²) < 4.78 is 4.62. The van der Waals surface area contributed by atoms with E-state index in [-0.39, 0.29) is 12.2 Å². The normalized spacial score (nSPS) is 9.61. The third-order valence-electron chi connectivity index (χ3n) is 2.00. The predicted molar refractivity (Wildman–Crippen MR) is 63.3 cm³/mol. The number of aromatic carboxylic acids is 1. The molecule has 96 valence electrons. The molecule has 0 bridgehead atoms. The number of rotatable bonds is 5. The van der Waals surface area contributed by atoms with Crippen molar-refractivity contribution in [2.75, 3.05) is 11.9 Å². The highest BCUT2D eigenvalue weighted by atomic mass is 16.5. The number of nitrogens with one attached hydrogen (secondary N) is 1. The molecule has 18 heavy (non-hydrogen) atoms. The van der Waals surface area contributed by atoms with Gasteiger partial charge in [-0.05, 0) is 25.1 Å². The number of hydrogen-bond donors (Lipinski definition) is 2. The minimum absolute atomic E-state index is 0.0592. The number of ether oxygens (including phenoxy) is 1. The van der Waals surface area contributed by atoms with Gasteiger partial charge in [0.1, 0.15) is 6.42 Å². The Balaban J connectivity index is 2.62. The Hall–Kier alpha value is -2.37. The monoisotopic (exact) mass is 251 g/mol. The van der Waals surface area contributed by atoms with Crippen molar-refractivity contribution in [3.05, 3.63) is 29.8 Å². The van der Waals surface area contributed by atoms with E-state index in [9.17, 15) is 14.4 Å². The van der Waals surface area contributed by atoms with Crippen LogP contribution in [0, 0.1) is 0 Å². The van der Waals surface area contributed by atoms with Gasteiger partial charge < -0.3 is 15.2 Å². The maximum Gasteiger partial charge on any atom is 0.335 e. The molecular formula is C12H13NO5. The van der Waals surface area contributed by atoms with Crippen molar-refractivity contribution in [1.82, 2.24) is 0 Å². The first kappa shape index (κ1) is 13.7. The summed E-state index contributed by atoms with van der Waals surface area (Å²) in [5, 5.41) is 11.2. The molecule has 0 atom stereocenters. The van der Waals surface area contributed by atoms with Gasteiger partial charge in [-0.3, -0.25) is 9.59 Å². The topological polar surface area (TPSA) is 92.7 Å². The van der Waals surface area contributed by atoms with Crippen LogP contribution in [0.2, 0.25) is 0 Å². The van der Waals surface area contributed by atoms with Crippen molar-refractivity contribution in [3.8, 4) is 0 Å². The van der Waals surface area contributed by atoms with Crippen molar-refractivity contribution in [1.29, 1.82) is 0 Å². The second kappa shape index (κ2) is 6.39. The average molecular weight is 251 g/mol. The van der Waals surface area contributed by atoms with Crippen LogP contribution in [-0.4, -0.2) is 29.6 Å². The molecular weight excluding hydrogens is 238 g/mol. The van der Waals surface area contributed by atoms with Crippen LogP contribution >= 0.6 is 0 Å². The van der Waals surface area contributed by atoms with E-state index in [1.807, 2.05) is 0 Å². The molecule has 2 N–H and O–H groups in total. The Morgan fingerprint density at radius 2 is 2.06 bits per heavy atom. The van der Waals surface area contributed by atoms with Crippen LogP contribution in [-0.2, 0) is 14.3 Å². The van der Waals surface area contributed by atoms with E-state index in [0.717, 1.165) is 0 Å².